The maximum atomic E-state index is 11.4. The number of hydrogen-bond acceptors (Lipinski definition) is 4. The summed E-state index contributed by atoms with van der Waals surface area (Å²) < 4.78 is 4.68. The monoisotopic (exact) mass is 294 g/mol. The molecule has 5 heteroatoms. The van der Waals surface area contributed by atoms with Gasteiger partial charge in [-0.3, -0.25) is 4.90 Å². The summed E-state index contributed by atoms with van der Waals surface area (Å²) in [5.74, 6) is -0.314. The molecule has 0 fully saturated rings. The Hall–Kier alpha value is -1.46. The Morgan fingerprint density at radius 1 is 1.35 bits per heavy atom. The highest BCUT2D eigenvalue weighted by Gasteiger charge is 2.11. The van der Waals surface area contributed by atoms with E-state index < -0.39 is 0 Å². The van der Waals surface area contributed by atoms with E-state index in [2.05, 4.69) is 23.5 Å². The molecule has 0 unspecified atom stereocenters. The average molecular weight is 294 g/mol. The summed E-state index contributed by atoms with van der Waals surface area (Å²) in [6, 6.07) is 7.87. The van der Waals surface area contributed by atoms with Gasteiger partial charge in [-0.25, -0.2) is 4.79 Å². The number of esters is 1. The largest absolute Gasteiger partial charge is 0.465 e. The van der Waals surface area contributed by atoms with Gasteiger partial charge in [-0.2, -0.15) is 0 Å². The Morgan fingerprint density at radius 2 is 1.95 bits per heavy atom. The summed E-state index contributed by atoms with van der Waals surface area (Å²) in [6.07, 6.45) is 0.716. The number of carbonyl (C=O) groups excluding carboxylic acids is 1. The van der Waals surface area contributed by atoms with E-state index in [0.29, 0.717) is 23.0 Å². The third-order valence-corrected chi connectivity index (χ3v) is 3.34. The number of ether oxygens (including phenoxy) is 1. The number of nitrogens with two attached hydrogens (primary N) is 1. The van der Waals surface area contributed by atoms with E-state index in [0.717, 1.165) is 18.7 Å². The Balaban J connectivity index is 2.68. The van der Waals surface area contributed by atoms with Crippen LogP contribution in [-0.4, -0.2) is 35.6 Å². The van der Waals surface area contributed by atoms with Gasteiger partial charge in [-0.1, -0.05) is 24.4 Å². The van der Waals surface area contributed by atoms with Gasteiger partial charge in [-0.05, 0) is 31.5 Å². The van der Waals surface area contributed by atoms with E-state index in [-0.39, 0.29) is 5.97 Å². The van der Waals surface area contributed by atoms with Crippen LogP contribution in [0, 0.1) is 0 Å². The van der Waals surface area contributed by atoms with Crippen LogP contribution in [-0.2, 0) is 11.3 Å². The predicted octanol–water partition coefficient (Wildman–Crippen LogP) is 2.36. The zero-order valence-corrected chi connectivity index (χ0v) is 13.1. The molecule has 0 radical (unpaired) electrons. The van der Waals surface area contributed by atoms with Crippen LogP contribution in [0.15, 0.2) is 24.3 Å². The second kappa shape index (κ2) is 7.97. The molecule has 0 saturated carbocycles. The first kappa shape index (κ1) is 16.6. The first-order valence-corrected chi connectivity index (χ1v) is 7.04. The first-order valence-electron chi connectivity index (χ1n) is 6.63. The molecule has 110 valence electrons. The summed E-state index contributed by atoms with van der Waals surface area (Å²) in [5, 5.41) is 0. The van der Waals surface area contributed by atoms with Gasteiger partial charge < -0.3 is 10.5 Å². The summed E-state index contributed by atoms with van der Waals surface area (Å²) in [7, 11) is 1.38. The molecule has 1 rings (SSSR count). The minimum Gasteiger partial charge on any atom is -0.465 e. The topological polar surface area (TPSA) is 55.6 Å². The van der Waals surface area contributed by atoms with Gasteiger partial charge in [0.15, 0.2) is 0 Å². The molecule has 0 spiro atoms. The van der Waals surface area contributed by atoms with Gasteiger partial charge in [0.05, 0.1) is 17.7 Å². The molecule has 1 aromatic carbocycles. The van der Waals surface area contributed by atoms with Crippen LogP contribution >= 0.6 is 12.2 Å². The van der Waals surface area contributed by atoms with Crippen molar-refractivity contribution in [1.82, 2.24) is 4.90 Å². The molecule has 20 heavy (non-hydrogen) atoms. The molecule has 0 aliphatic carbocycles. The number of hydrogen-bond donors (Lipinski definition) is 1. The van der Waals surface area contributed by atoms with Crippen LogP contribution in [0.25, 0.3) is 0 Å². The van der Waals surface area contributed by atoms with E-state index >= 15 is 0 Å². The lowest BCUT2D eigenvalue weighted by atomic mass is 10.1. The predicted molar refractivity (Wildman–Crippen MR) is 84.7 cm³/mol. The Labute approximate surface area is 125 Å². The van der Waals surface area contributed by atoms with Gasteiger partial charge >= 0.3 is 5.97 Å². The van der Waals surface area contributed by atoms with Gasteiger partial charge in [0, 0.05) is 25.6 Å². The molecule has 0 heterocycles. The fourth-order valence-electron chi connectivity index (χ4n) is 1.87. The van der Waals surface area contributed by atoms with Crippen molar-refractivity contribution in [3.63, 3.8) is 0 Å². The molecule has 0 bridgehead atoms. The molecule has 0 amide bonds. The van der Waals surface area contributed by atoms with Crippen molar-refractivity contribution >= 4 is 23.2 Å². The van der Waals surface area contributed by atoms with E-state index in [1.807, 2.05) is 12.1 Å². The van der Waals surface area contributed by atoms with Crippen molar-refractivity contribution in [2.75, 3.05) is 13.7 Å². The van der Waals surface area contributed by atoms with Gasteiger partial charge in [0.2, 0.25) is 0 Å². The van der Waals surface area contributed by atoms with Crippen molar-refractivity contribution in [3.8, 4) is 0 Å². The van der Waals surface area contributed by atoms with Crippen molar-refractivity contribution in [1.29, 1.82) is 0 Å². The van der Waals surface area contributed by atoms with Crippen molar-refractivity contribution < 1.29 is 9.53 Å². The summed E-state index contributed by atoms with van der Waals surface area (Å²) >= 11 is 4.92. The minimum atomic E-state index is -0.314. The fraction of sp³-hybridized carbons (Fsp3) is 0.467. The van der Waals surface area contributed by atoms with Crippen LogP contribution in [0.2, 0.25) is 0 Å². The smallest absolute Gasteiger partial charge is 0.337 e. The molecular weight excluding hydrogens is 272 g/mol. The van der Waals surface area contributed by atoms with Gasteiger partial charge in [0.25, 0.3) is 0 Å². The highest BCUT2D eigenvalue weighted by molar-refractivity contribution is 7.80. The number of carbonyl (C=O) groups is 1. The van der Waals surface area contributed by atoms with Crippen molar-refractivity contribution in [2.45, 2.75) is 32.9 Å². The van der Waals surface area contributed by atoms with Crippen molar-refractivity contribution in [2.24, 2.45) is 5.73 Å². The SMILES string of the molecule is COC(=O)c1ccc(CN(CCC(N)=S)C(C)C)cc1. The molecule has 1 aromatic rings. The van der Waals surface area contributed by atoms with Gasteiger partial charge in [-0.15, -0.1) is 0 Å². The molecule has 0 aliphatic heterocycles. The molecule has 0 saturated heterocycles. The number of methoxy groups -OCH3 is 1. The summed E-state index contributed by atoms with van der Waals surface area (Å²) in [6.45, 7) is 5.93. The third-order valence-electron chi connectivity index (χ3n) is 3.14. The number of benzene rings is 1. The first-order chi connectivity index (χ1) is 9.43. The quantitative estimate of drug-likeness (QED) is 0.618. The second-order valence-electron chi connectivity index (χ2n) is 4.97. The van der Waals surface area contributed by atoms with Crippen LogP contribution in [0.1, 0.15) is 36.2 Å². The second-order valence-corrected chi connectivity index (χ2v) is 5.49. The van der Waals surface area contributed by atoms with Crippen LogP contribution in [0.3, 0.4) is 0 Å². The zero-order valence-electron chi connectivity index (χ0n) is 12.3. The molecule has 2 N–H and O–H groups in total. The van der Waals surface area contributed by atoms with E-state index in [1.165, 1.54) is 7.11 Å². The van der Waals surface area contributed by atoms with E-state index in [9.17, 15) is 4.79 Å². The Kier molecular flexibility index (Phi) is 6.61. The lowest BCUT2D eigenvalue weighted by Crippen LogP contribution is -2.33. The number of nitrogens with zero attached hydrogens (tertiary/aromatic N) is 1. The zero-order chi connectivity index (χ0) is 15.1. The van der Waals surface area contributed by atoms with Crippen LogP contribution in [0.4, 0.5) is 0 Å². The number of rotatable bonds is 7. The normalized spacial score (nSPS) is 10.8. The third kappa shape index (κ3) is 5.27. The average Bonchev–Trinajstić information content (AvgIpc) is 2.42. The number of thiocarbonyl (C=S) groups is 1. The summed E-state index contributed by atoms with van der Waals surface area (Å²) in [5.41, 5.74) is 7.27. The standard InChI is InChI=1S/C15H22N2O2S/c1-11(2)17(9-8-14(16)20)10-12-4-6-13(7-5-12)15(18)19-3/h4-7,11H,8-10H2,1-3H3,(H2,16,20). The molecule has 0 aromatic heterocycles. The van der Waals surface area contributed by atoms with Crippen LogP contribution in [0.5, 0.6) is 0 Å². The van der Waals surface area contributed by atoms with Gasteiger partial charge in [0.1, 0.15) is 0 Å². The Morgan fingerprint density at radius 3 is 2.40 bits per heavy atom. The van der Waals surface area contributed by atoms with E-state index in [1.54, 1.807) is 12.1 Å². The molecule has 0 aliphatic rings. The minimum absolute atomic E-state index is 0.314. The maximum absolute atomic E-state index is 11.4. The molecule has 4 nitrogen and oxygen atoms in total. The fourth-order valence-corrected chi connectivity index (χ4v) is 1.96. The highest BCUT2D eigenvalue weighted by Crippen LogP contribution is 2.11. The van der Waals surface area contributed by atoms with Crippen molar-refractivity contribution in [3.05, 3.63) is 35.4 Å². The molecular formula is C15H22N2O2S. The van der Waals surface area contributed by atoms with Crippen LogP contribution < -0.4 is 5.73 Å². The highest BCUT2D eigenvalue weighted by atomic mass is 32.1. The summed E-state index contributed by atoms with van der Waals surface area (Å²) in [4.78, 5) is 14.2. The lowest BCUT2D eigenvalue weighted by molar-refractivity contribution is 0.0600. The van der Waals surface area contributed by atoms with E-state index in [4.69, 9.17) is 18.0 Å². The Bertz CT molecular complexity index is 457. The lowest BCUT2D eigenvalue weighted by Gasteiger charge is -2.26. The molecule has 0 atom stereocenters. The maximum Gasteiger partial charge on any atom is 0.337 e.